The first kappa shape index (κ1) is 14.3. The number of hydrogen-bond donors (Lipinski definition) is 1. The second-order valence-corrected chi connectivity index (χ2v) is 3.39. The lowest BCUT2D eigenvalue weighted by atomic mass is 9.94. The van der Waals surface area contributed by atoms with Crippen LogP contribution in [-0.4, -0.2) is 23.7 Å². The molecule has 1 rings (SSSR count). The summed E-state index contributed by atoms with van der Waals surface area (Å²) < 4.78 is 75.1. The molecule has 18 heavy (non-hydrogen) atoms. The Morgan fingerprint density at radius 1 is 1.06 bits per heavy atom. The molecule has 0 spiro atoms. The molecule has 1 unspecified atom stereocenters. The van der Waals surface area contributed by atoms with Gasteiger partial charge in [0, 0.05) is 5.56 Å². The molecule has 0 fully saturated rings. The van der Waals surface area contributed by atoms with E-state index >= 15 is 0 Å². The first-order valence-corrected chi connectivity index (χ1v) is 4.48. The monoisotopic (exact) mass is 272 g/mol. The van der Waals surface area contributed by atoms with Crippen molar-refractivity contribution in [1.82, 2.24) is 0 Å². The van der Waals surface area contributed by atoms with Crippen LogP contribution in [0.3, 0.4) is 0 Å². The van der Waals surface area contributed by atoms with Gasteiger partial charge in [-0.05, 0) is 12.1 Å². The predicted octanol–water partition coefficient (Wildman–Crippen LogP) is 3.38. The van der Waals surface area contributed by atoms with Crippen LogP contribution in [0.15, 0.2) is 24.3 Å². The molecule has 8 heteroatoms. The minimum atomic E-state index is -5.80. The van der Waals surface area contributed by atoms with Gasteiger partial charge in [0.2, 0.25) is 0 Å². The number of aromatic carboxylic acids is 1. The van der Waals surface area contributed by atoms with E-state index in [0.717, 1.165) is 0 Å². The minimum absolute atomic E-state index is 0.378. The second-order valence-electron chi connectivity index (χ2n) is 3.39. The van der Waals surface area contributed by atoms with Crippen LogP contribution < -0.4 is 0 Å². The summed E-state index contributed by atoms with van der Waals surface area (Å²) in [5.41, 5.74) is -6.59. The number of carboxylic acid groups (broad SMARTS) is 1. The Morgan fingerprint density at radius 2 is 1.50 bits per heavy atom. The number of alkyl halides is 6. The molecule has 2 nitrogen and oxygen atoms in total. The maximum absolute atomic E-state index is 13.5. The fourth-order valence-corrected chi connectivity index (χ4v) is 1.27. The van der Waals surface area contributed by atoms with Crippen molar-refractivity contribution in [3.8, 4) is 0 Å². The van der Waals surface area contributed by atoms with E-state index in [1.807, 2.05) is 0 Å². The van der Waals surface area contributed by atoms with Crippen molar-refractivity contribution in [3.05, 3.63) is 35.4 Å². The van der Waals surface area contributed by atoms with Gasteiger partial charge in [0.25, 0.3) is 12.1 Å². The van der Waals surface area contributed by atoms with Crippen molar-refractivity contribution in [2.75, 3.05) is 0 Å². The van der Waals surface area contributed by atoms with Crippen molar-refractivity contribution < 1.29 is 36.2 Å². The summed E-state index contributed by atoms with van der Waals surface area (Å²) in [6, 6.07) is 2.01. The molecule has 1 aromatic carbocycles. The Hall–Kier alpha value is -1.73. The first-order chi connectivity index (χ1) is 8.10. The fraction of sp³-hybridized carbons (Fsp3) is 0.300. The highest BCUT2D eigenvalue weighted by molar-refractivity contribution is 5.87. The van der Waals surface area contributed by atoms with Gasteiger partial charge in [0.05, 0.1) is 5.56 Å². The molecule has 0 aliphatic carbocycles. The van der Waals surface area contributed by atoms with Crippen LogP contribution in [0.1, 0.15) is 15.9 Å². The predicted molar refractivity (Wildman–Crippen MR) is 48.2 cm³/mol. The van der Waals surface area contributed by atoms with Crippen LogP contribution >= 0.6 is 0 Å². The molecular formula is C10H6F6O2. The molecule has 0 bridgehead atoms. The van der Waals surface area contributed by atoms with Gasteiger partial charge in [-0.1, -0.05) is 12.1 Å². The van der Waals surface area contributed by atoms with Crippen LogP contribution in [0, 0.1) is 0 Å². The maximum Gasteiger partial charge on any atom is 0.432 e. The van der Waals surface area contributed by atoms with Gasteiger partial charge in [0.15, 0.2) is 0 Å². The molecule has 0 amide bonds. The largest absolute Gasteiger partial charge is 0.478 e. The van der Waals surface area contributed by atoms with Crippen molar-refractivity contribution in [1.29, 1.82) is 0 Å². The topological polar surface area (TPSA) is 37.3 Å². The second kappa shape index (κ2) is 4.51. The van der Waals surface area contributed by atoms with Crippen LogP contribution in [0.4, 0.5) is 26.3 Å². The smallest absolute Gasteiger partial charge is 0.432 e. The number of rotatable bonds is 3. The maximum atomic E-state index is 13.5. The number of hydrogen-bond acceptors (Lipinski definition) is 1. The highest BCUT2D eigenvalue weighted by Gasteiger charge is 2.63. The molecule has 1 atom stereocenters. The van der Waals surface area contributed by atoms with Crippen LogP contribution in [0.5, 0.6) is 0 Å². The third-order valence-corrected chi connectivity index (χ3v) is 2.27. The molecule has 0 saturated carbocycles. The van der Waals surface area contributed by atoms with Crippen molar-refractivity contribution in [2.45, 2.75) is 18.3 Å². The molecule has 0 aliphatic heterocycles. The summed E-state index contributed by atoms with van der Waals surface area (Å²) in [7, 11) is 0. The van der Waals surface area contributed by atoms with Gasteiger partial charge in [-0.2, -0.15) is 13.2 Å². The molecule has 100 valence electrons. The van der Waals surface area contributed by atoms with E-state index in [0.29, 0.717) is 24.3 Å². The lowest BCUT2D eigenvalue weighted by molar-refractivity contribution is -0.274. The van der Waals surface area contributed by atoms with Gasteiger partial charge in [-0.25, -0.2) is 18.0 Å². The van der Waals surface area contributed by atoms with Gasteiger partial charge in [-0.15, -0.1) is 0 Å². The molecule has 1 N–H and O–H groups in total. The summed E-state index contributed by atoms with van der Waals surface area (Å²) >= 11 is 0. The van der Waals surface area contributed by atoms with E-state index in [-0.39, 0.29) is 0 Å². The van der Waals surface area contributed by atoms with E-state index < -0.39 is 35.4 Å². The number of carboxylic acids is 1. The lowest BCUT2D eigenvalue weighted by Crippen LogP contribution is -2.44. The Bertz CT molecular complexity index is 439. The van der Waals surface area contributed by atoms with Crippen LogP contribution in [0.25, 0.3) is 0 Å². The van der Waals surface area contributed by atoms with Crippen molar-refractivity contribution in [2.24, 2.45) is 0 Å². The zero-order chi connectivity index (χ0) is 14.1. The average Bonchev–Trinajstić information content (AvgIpc) is 2.26. The normalized spacial score (nSPS) is 15.5. The zero-order valence-electron chi connectivity index (χ0n) is 8.51. The van der Waals surface area contributed by atoms with E-state index in [4.69, 9.17) is 5.11 Å². The number of benzene rings is 1. The van der Waals surface area contributed by atoms with Crippen molar-refractivity contribution >= 4 is 5.97 Å². The highest BCUT2D eigenvalue weighted by atomic mass is 19.4. The summed E-state index contributed by atoms with van der Waals surface area (Å²) in [6.07, 6.45) is -10.1. The van der Waals surface area contributed by atoms with Crippen LogP contribution in [0.2, 0.25) is 0 Å². The molecule has 1 aromatic rings. The molecule has 0 radical (unpaired) electrons. The Labute approximate surface area is 96.8 Å². The van der Waals surface area contributed by atoms with E-state index in [9.17, 15) is 31.1 Å². The summed E-state index contributed by atoms with van der Waals surface area (Å²) in [6.45, 7) is 0. The molecule has 0 aliphatic rings. The van der Waals surface area contributed by atoms with Gasteiger partial charge in [-0.3, -0.25) is 0 Å². The molecule has 0 aromatic heterocycles. The van der Waals surface area contributed by atoms with Crippen LogP contribution in [-0.2, 0) is 5.67 Å². The quantitative estimate of drug-likeness (QED) is 0.856. The first-order valence-electron chi connectivity index (χ1n) is 4.48. The number of carbonyl (C=O) groups is 1. The van der Waals surface area contributed by atoms with E-state index in [2.05, 4.69) is 0 Å². The number of halogens is 6. The standard InChI is InChI=1S/C10H6F6O2/c11-8(12)9(13,10(14,15)16)6-3-1-5(2-4-6)7(17)18/h1-4,8H,(H,17,18). The summed E-state index contributed by atoms with van der Waals surface area (Å²) in [5.74, 6) is -1.46. The third kappa shape index (κ3) is 2.27. The summed E-state index contributed by atoms with van der Waals surface area (Å²) in [5, 5.41) is 8.48. The minimum Gasteiger partial charge on any atom is -0.478 e. The lowest BCUT2D eigenvalue weighted by Gasteiger charge is -2.27. The zero-order valence-corrected chi connectivity index (χ0v) is 8.51. The molecule has 0 heterocycles. The Balaban J connectivity index is 3.28. The SMILES string of the molecule is O=C(O)c1ccc(C(F)(C(F)F)C(F)(F)F)cc1. The van der Waals surface area contributed by atoms with Gasteiger partial charge < -0.3 is 5.11 Å². The van der Waals surface area contributed by atoms with E-state index in [1.54, 1.807) is 0 Å². The third-order valence-electron chi connectivity index (χ3n) is 2.27. The molecule has 0 saturated heterocycles. The van der Waals surface area contributed by atoms with Gasteiger partial charge >= 0.3 is 12.1 Å². The van der Waals surface area contributed by atoms with Crippen molar-refractivity contribution in [3.63, 3.8) is 0 Å². The molecular weight excluding hydrogens is 266 g/mol. The van der Waals surface area contributed by atoms with Gasteiger partial charge in [0.1, 0.15) is 0 Å². The summed E-state index contributed by atoms with van der Waals surface area (Å²) in [4.78, 5) is 10.4. The Kier molecular flexibility index (Phi) is 3.59. The highest BCUT2D eigenvalue weighted by Crippen LogP contribution is 2.46. The average molecular weight is 272 g/mol. The Morgan fingerprint density at radius 3 is 1.78 bits per heavy atom. The fourth-order valence-electron chi connectivity index (χ4n) is 1.27. The van der Waals surface area contributed by atoms with E-state index in [1.165, 1.54) is 0 Å².